The fraction of sp³-hybridized carbons (Fsp3) is 0.625. The zero-order valence-corrected chi connectivity index (χ0v) is 13.3. The van der Waals surface area contributed by atoms with Crippen LogP contribution in [0.25, 0.3) is 0 Å². The predicted octanol–water partition coefficient (Wildman–Crippen LogP) is 2.70. The van der Waals surface area contributed by atoms with Gasteiger partial charge in [-0.3, -0.25) is 0 Å². The average molecular weight is 313 g/mol. The highest BCUT2D eigenvalue weighted by atomic mass is 32.2. The normalized spacial score (nSPS) is 22.9. The van der Waals surface area contributed by atoms with E-state index in [1.165, 1.54) is 12.1 Å². The molecule has 0 bridgehead atoms. The number of sulfone groups is 1. The summed E-state index contributed by atoms with van der Waals surface area (Å²) in [5, 5.41) is 3.01. The maximum atomic E-state index is 13.3. The van der Waals surface area contributed by atoms with E-state index in [2.05, 4.69) is 12.2 Å². The molecule has 0 aliphatic carbocycles. The minimum Gasteiger partial charge on any atom is -0.312 e. The summed E-state index contributed by atoms with van der Waals surface area (Å²) in [4.78, 5) is 0. The summed E-state index contributed by atoms with van der Waals surface area (Å²) in [6.45, 7) is 2.84. The molecule has 1 saturated heterocycles. The van der Waals surface area contributed by atoms with Gasteiger partial charge in [0.25, 0.3) is 0 Å². The summed E-state index contributed by atoms with van der Waals surface area (Å²) in [5.74, 6) is 0.0127. The molecule has 1 aromatic rings. The topological polar surface area (TPSA) is 46.2 Å². The van der Waals surface area contributed by atoms with Gasteiger partial charge in [0.1, 0.15) is 5.82 Å². The van der Waals surface area contributed by atoms with E-state index in [-0.39, 0.29) is 22.9 Å². The Labute approximate surface area is 126 Å². The van der Waals surface area contributed by atoms with Crippen molar-refractivity contribution in [3.8, 4) is 0 Å². The van der Waals surface area contributed by atoms with Crippen LogP contribution in [0.1, 0.15) is 38.2 Å². The fourth-order valence-corrected chi connectivity index (χ4v) is 5.14. The summed E-state index contributed by atoms with van der Waals surface area (Å²) in [6, 6.07) is 6.32. The largest absolute Gasteiger partial charge is 0.312 e. The lowest BCUT2D eigenvalue weighted by molar-refractivity contribution is 0.433. The van der Waals surface area contributed by atoms with Gasteiger partial charge in [0.2, 0.25) is 0 Å². The first kappa shape index (κ1) is 16.4. The van der Waals surface area contributed by atoms with Crippen molar-refractivity contribution in [3.63, 3.8) is 0 Å². The Kier molecular flexibility index (Phi) is 5.76. The van der Waals surface area contributed by atoms with Gasteiger partial charge in [0.05, 0.1) is 11.0 Å². The van der Waals surface area contributed by atoms with E-state index in [1.54, 1.807) is 6.07 Å². The Balaban J connectivity index is 2.17. The van der Waals surface area contributed by atoms with Crippen LogP contribution in [0.2, 0.25) is 0 Å². The van der Waals surface area contributed by atoms with Gasteiger partial charge in [-0.25, -0.2) is 12.8 Å². The van der Waals surface area contributed by atoms with Crippen molar-refractivity contribution in [2.75, 3.05) is 12.3 Å². The van der Waals surface area contributed by atoms with Gasteiger partial charge in [0, 0.05) is 6.04 Å². The molecule has 1 aliphatic heterocycles. The molecule has 1 aromatic carbocycles. The van der Waals surface area contributed by atoms with Crippen LogP contribution in [0.3, 0.4) is 0 Å². The maximum Gasteiger partial charge on any atom is 0.154 e. The molecule has 2 rings (SSSR count). The van der Waals surface area contributed by atoms with E-state index in [0.717, 1.165) is 31.4 Å². The average Bonchev–Trinajstić information content (AvgIpc) is 2.43. The minimum atomic E-state index is -3.04. The summed E-state index contributed by atoms with van der Waals surface area (Å²) in [5.41, 5.74) is 0.851. The van der Waals surface area contributed by atoms with E-state index in [0.29, 0.717) is 12.8 Å². The molecule has 118 valence electrons. The number of rotatable bonds is 6. The third-order valence-corrected chi connectivity index (χ3v) is 6.42. The van der Waals surface area contributed by atoms with E-state index in [4.69, 9.17) is 0 Å². The zero-order chi connectivity index (χ0) is 15.3. The highest BCUT2D eigenvalue weighted by Gasteiger charge is 2.35. The van der Waals surface area contributed by atoms with Gasteiger partial charge in [-0.15, -0.1) is 0 Å². The van der Waals surface area contributed by atoms with Gasteiger partial charge in [0.15, 0.2) is 9.84 Å². The van der Waals surface area contributed by atoms with Crippen molar-refractivity contribution < 1.29 is 12.8 Å². The summed E-state index contributed by atoms with van der Waals surface area (Å²) < 4.78 is 38.0. The van der Waals surface area contributed by atoms with Crippen molar-refractivity contribution in [1.29, 1.82) is 0 Å². The van der Waals surface area contributed by atoms with Crippen molar-refractivity contribution in [3.05, 3.63) is 35.6 Å². The van der Waals surface area contributed by atoms with Gasteiger partial charge in [-0.2, -0.15) is 0 Å². The third-order valence-electron chi connectivity index (χ3n) is 4.08. The molecule has 1 fully saturated rings. The molecule has 0 spiro atoms. The first-order valence-electron chi connectivity index (χ1n) is 7.72. The Hall–Kier alpha value is -0.940. The number of hydrogen-bond donors (Lipinski definition) is 1. The van der Waals surface area contributed by atoms with Crippen LogP contribution in [-0.4, -0.2) is 32.0 Å². The van der Waals surface area contributed by atoms with Crippen LogP contribution in [0.15, 0.2) is 24.3 Å². The first-order valence-corrected chi connectivity index (χ1v) is 9.44. The lowest BCUT2D eigenvalue weighted by Gasteiger charge is -2.31. The van der Waals surface area contributed by atoms with Crippen LogP contribution in [-0.2, 0) is 16.3 Å². The van der Waals surface area contributed by atoms with Gasteiger partial charge >= 0.3 is 0 Å². The molecule has 0 radical (unpaired) electrons. The highest BCUT2D eigenvalue weighted by Crippen LogP contribution is 2.24. The van der Waals surface area contributed by atoms with Gasteiger partial charge < -0.3 is 5.32 Å². The lowest BCUT2D eigenvalue weighted by Crippen LogP contribution is -2.48. The molecule has 0 aromatic heterocycles. The Bertz CT molecular complexity index is 559. The molecular formula is C16H24FNO2S. The van der Waals surface area contributed by atoms with Crippen LogP contribution >= 0.6 is 0 Å². The molecule has 21 heavy (non-hydrogen) atoms. The standard InChI is InChI=1S/C16H24FNO2S/c1-2-9-18-15(12-13-6-5-7-14(17)11-13)16-8-3-4-10-21(16,19)20/h5-7,11,15-16,18H,2-4,8-10,12H2,1H3. The van der Waals surface area contributed by atoms with Gasteiger partial charge in [-0.1, -0.05) is 25.5 Å². The maximum absolute atomic E-state index is 13.3. The van der Waals surface area contributed by atoms with Crippen molar-refractivity contribution in [2.24, 2.45) is 0 Å². The van der Waals surface area contributed by atoms with Crippen molar-refractivity contribution in [2.45, 2.75) is 50.3 Å². The SMILES string of the molecule is CCCNC(Cc1cccc(F)c1)C1CCCCS1(=O)=O. The molecule has 2 atom stereocenters. The molecule has 0 amide bonds. The molecule has 5 heteroatoms. The Morgan fingerprint density at radius 1 is 1.38 bits per heavy atom. The molecule has 0 saturated carbocycles. The highest BCUT2D eigenvalue weighted by molar-refractivity contribution is 7.92. The molecule has 1 aliphatic rings. The molecule has 3 nitrogen and oxygen atoms in total. The quantitative estimate of drug-likeness (QED) is 0.878. The fourth-order valence-electron chi connectivity index (χ4n) is 3.01. The molecular weight excluding hydrogens is 289 g/mol. The second-order valence-corrected chi connectivity index (χ2v) is 8.14. The second kappa shape index (κ2) is 7.36. The Morgan fingerprint density at radius 3 is 2.86 bits per heavy atom. The second-order valence-electron chi connectivity index (χ2n) is 5.80. The lowest BCUT2D eigenvalue weighted by atomic mass is 9.99. The van der Waals surface area contributed by atoms with Crippen molar-refractivity contribution in [1.82, 2.24) is 5.32 Å². The van der Waals surface area contributed by atoms with Crippen LogP contribution < -0.4 is 5.32 Å². The number of nitrogens with one attached hydrogen (secondary N) is 1. The van der Waals surface area contributed by atoms with E-state index >= 15 is 0 Å². The van der Waals surface area contributed by atoms with Gasteiger partial charge in [-0.05, 0) is 49.9 Å². The van der Waals surface area contributed by atoms with Crippen LogP contribution in [0.5, 0.6) is 0 Å². The van der Waals surface area contributed by atoms with Crippen molar-refractivity contribution >= 4 is 9.84 Å². The molecule has 2 unspecified atom stereocenters. The Morgan fingerprint density at radius 2 is 2.19 bits per heavy atom. The summed E-state index contributed by atoms with van der Waals surface area (Å²) in [7, 11) is -3.04. The number of hydrogen-bond acceptors (Lipinski definition) is 3. The van der Waals surface area contributed by atoms with Crippen LogP contribution in [0, 0.1) is 5.82 Å². The zero-order valence-electron chi connectivity index (χ0n) is 12.5. The van der Waals surface area contributed by atoms with E-state index < -0.39 is 9.84 Å². The smallest absolute Gasteiger partial charge is 0.154 e. The van der Waals surface area contributed by atoms with Crippen LogP contribution in [0.4, 0.5) is 4.39 Å². The third kappa shape index (κ3) is 4.51. The minimum absolute atomic E-state index is 0.128. The monoisotopic (exact) mass is 313 g/mol. The molecule has 1 heterocycles. The first-order chi connectivity index (χ1) is 10.0. The summed E-state index contributed by atoms with van der Waals surface area (Å²) >= 11 is 0. The number of benzene rings is 1. The van der Waals surface area contributed by atoms with E-state index in [1.807, 2.05) is 6.07 Å². The molecule has 1 N–H and O–H groups in total. The van der Waals surface area contributed by atoms with E-state index in [9.17, 15) is 12.8 Å². The summed E-state index contributed by atoms with van der Waals surface area (Å²) in [6.07, 6.45) is 3.93. The predicted molar refractivity (Wildman–Crippen MR) is 83.6 cm³/mol. The number of halogens is 1.